The van der Waals surface area contributed by atoms with E-state index in [1.807, 2.05) is 13.8 Å². The lowest BCUT2D eigenvalue weighted by atomic mass is 9.97. The molecule has 0 aromatic heterocycles. The van der Waals surface area contributed by atoms with Gasteiger partial charge < -0.3 is 15.7 Å². The third-order valence-corrected chi connectivity index (χ3v) is 3.80. The largest absolute Gasteiger partial charge is 0.389 e. The molecule has 0 aromatic rings. The van der Waals surface area contributed by atoms with E-state index in [1.165, 1.54) is 0 Å². The van der Waals surface area contributed by atoms with Crippen molar-refractivity contribution in [2.75, 3.05) is 0 Å². The number of nitrogens with one attached hydrogen (secondary N) is 2. The molecule has 0 aliphatic heterocycles. The molecule has 0 radical (unpaired) electrons. The zero-order chi connectivity index (χ0) is 14.5. The minimum Gasteiger partial charge on any atom is -0.389 e. The van der Waals surface area contributed by atoms with Crippen LogP contribution in [0.15, 0.2) is 0 Å². The van der Waals surface area contributed by atoms with E-state index < -0.39 is 11.6 Å². The maximum absolute atomic E-state index is 11.8. The highest BCUT2D eigenvalue weighted by Gasteiger charge is 2.34. The van der Waals surface area contributed by atoms with Crippen molar-refractivity contribution in [1.29, 1.82) is 0 Å². The molecule has 2 amide bonds. The van der Waals surface area contributed by atoms with Crippen LogP contribution in [0.5, 0.6) is 0 Å². The van der Waals surface area contributed by atoms with Crippen molar-refractivity contribution in [3.05, 3.63) is 0 Å². The highest BCUT2D eigenvalue weighted by Crippen LogP contribution is 2.32. The van der Waals surface area contributed by atoms with Crippen molar-refractivity contribution in [2.24, 2.45) is 0 Å². The summed E-state index contributed by atoms with van der Waals surface area (Å²) < 4.78 is 0. The van der Waals surface area contributed by atoms with Gasteiger partial charge in [-0.3, -0.25) is 9.59 Å². The molecule has 2 atom stereocenters. The van der Waals surface area contributed by atoms with Crippen molar-refractivity contribution in [3.8, 4) is 0 Å². The van der Waals surface area contributed by atoms with Gasteiger partial charge in [-0.1, -0.05) is 19.8 Å². The van der Waals surface area contributed by atoms with Crippen LogP contribution in [0, 0.1) is 0 Å². The van der Waals surface area contributed by atoms with Gasteiger partial charge in [-0.2, -0.15) is 0 Å². The summed E-state index contributed by atoms with van der Waals surface area (Å²) in [4.78, 5) is 23.6. The van der Waals surface area contributed by atoms with E-state index in [4.69, 9.17) is 0 Å². The minimum atomic E-state index is -0.864. The van der Waals surface area contributed by atoms with Crippen LogP contribution in [0.3, 0.4) is 0 Å². The first-order valence-electron chi connectivity index (χ1n) is 7.18. The maximum Gasteiger partial charge on any atom is 0.242 e. The van der Waals surface area contributed by atoms with Gasteiger partial charge in [-0.15, -0.1) is 0 Å². The topological polar surface area (TPSA) is 78.4 Å². The quantitative estimate of drug-likeness (QED) is 0.676. The number of hydrogen-bond donors (Lipinski definition) is 3. The van der Waals surface area contributed by atoms with Crippen LogP contribution in [-0.4, -0.2) is 34.6 Å². The van der Waals surface area contributed by atoms with Crippen LogP contribution >= 0.6 is 0 Å². The molecule has 1 aliphatic carbocycles. The standard InChI is InChI=1S/C14H26N2O3/c1-4-10(2)15-13(18)11(3)16-12(17)9-14(19)7-5-6-8-14/h10-11,19H,4-9H2,1-3H3,(H,15,18)(H,16,17). The van der Waals surface area contributed by atoms with E-state index >= 15 is 0 Å². The Morgan fingerprint density at radius 3 is 2.32 bits per heavy atom. The first-order chi connectivity index (χ1) is 8.86. The Bertz CT molecular complexity index is 325. The summed E-state index contributed by atoms with van der Waals surface area (Å²) in [5.74, 6) is -0.433. The normalized spacial score (nSPS) is 20.6. The van der Waals surface area contributed by atoms with E-state index in [-0.39, 0.29) is 24.3 Å². The second-order valence-corrected chi connectivity index (χ2v) is 5.72. The summed E-state index contributed by atoms with van der Waals surface area (Å²) in [5, 5.41) is 15.6. The summed E-state index contributed by atoms with van der Waals surface area (Å²) in [5.41, 5.74) is -0.864. The van der Waals surface area contributed by atoms with E-state index in [0.717, 1.165) is 19.3 Å². The molecule has 0 aromatic carbocycles. The molecule has 0 spiro atoms. The molecule has 2 unspecified atom stereocenters. The van der Waals surface area contributed by atoms with E-state index in [2.05, 4.69) is 10.6 Å². The fourth-order valence-corrected chi connectivity index (χ4v) is 2.34. The average Bonchev–Trinajstić information content (AvgIpc) is 2.74. The minimum absolute atomic E-state index is 0.0912. The molecule has 110 valence electrons. The summed E-state index contributed by atoms with van der Waals surface area (Å²) in [6, 6.07) is -0.461. The molecular formula is C14H26N2O3. The van der Waals surface area contributed by atoms with Gasteiger partial charge in [-0.25, -0.2) is 0 Å². The molecule has 1 aliphatic rings. The molecule has 3 N–H and O–H groups in total. The summed E-state index contributed by atoms with van der Waals surface area (Å²) in [6.07, 6.45) is 4.23. The average molecular weight is 270 g/mol. The Labute approximate surface area is 115 Å². The number of rotatable bonds is 6. The number of aliphatic hydroxyl groups is 1. The third kappa shape index (κ3) is 5.19. The van der Waals surface area contributed by atoms with Crippen LogP contribution in [0.2, 0.25) is 0 Å². The zero-order valence-electron chi connectivity index (χ0n) is 12.2. The van der Waals surface area contributed by atoms with Gasteiger partial charge in [0.05, 0.1) is 12.0 Å². The lowest BCUT2D eigenvalue weighted by Gasteiger charge is -2.23. The van der Waals surface area contributed by atoms with Gasteiger partial charge in [0, 0.05) is 6.04 Å². The van der Waals surface area contributed by atoms with Crippen molar-refractivity contribution < 1.29 is 14.7 Å². The van der Waals surface area contributed by atoms with E-state index in [0.29, 0.717) is 12.8 Å². The Kier molecular flexibility index (Phi) is 5.79. The van der Waals surface area contributed by atoms with Gasteiger partial charge in [0.15, 0.2) is 0 Å². The highest BCUT2D eigenvalue weighted by atomic mass is 16.3. The van der Waals surface area contributed by atoms with Crippen LogP contribution in [0.25, 0.3) is 0 Å². The van der Waals surface area contributed by atoms with E-state index in [9.17, 15) is 14.7 Å². The molecule has 0 heterocycles. The number of carbonyl (C=O) groups excluding carboxylic acids is 2. The fraction of sp³-hybridized carbons (Fsp3) is 0.857. The van der Waals surface area contributed by atoms with Gasteiger partial charge in [0.2, 0.25) is 11.8 Å². The van der Waals surface area contributed by atoms with Crippen molar-refractivity contribution >= 4 is 11.8 Å². The Morgan fingerprint density at radius 1 is 1.21 bits per heavy atom. The Balaban J connectivity index is 2.37. The van der Waals surface area contributed by atoms with Gasteiger partial charge in [-0.05, 0) is 33.1 Å². The van der Waals surface area contributed by atoms with Crippen LogP contribution in [0.4, 0.5) is 0 Å². The van der Waals surface area contributed by atoms with Crippen molar-refractivity contribution in [3.63, 3.8) is 0 Å². The lowest BCUT2D eigenvalue weighted by molar-refractivity contribution is -0.131. The van der Waals surface area contributed by atoms with Gasteiger partial charge in [0.1, 0.15) is 6.04 Å². The third-order valence-electron chi connectivity index (χ3n) is 3.80. The smallest absolute Gasteiger partial charge is 0.242 e. The molecule has 1 rings (SSSR count). The summed E-state index contributed by atoms with van der Waals surface area (Å²) in [6.45, 7) is 5.58. The van der Waals surface area contributed by atoms with Crippen LogP contribution < -0.4 is 10.6 Å². The number of hydrogen-bond acceptors (Lipinski definition) is 3. The summed E-state index contributed by atoms with van der Waals surface area (Å²) >= 11 is 0. The fourth-order valence-electron chi connectivity index (χ4n) is 2.34. The first-order valence-corrected chi connectivity index (χ1v) is 7.18. The second kappa shape index (κ2) is 6.89. The number of carbonyl (C=O) groups is 2. The van der Waals surface area contributed by atoms with Gasteiger partial charge >= 0.3 is 0 Å². The lowest BCUT2D eigenvalue weighted by Crippen LogP contribution is -2.48. The molecule has 0 bridgehead atoms. The van der Waals surface area contributed by atoms with Crippen molar-refractivity contribution in [2.45, 2.75) is 77.0 Å². The molecule has 0 saturated heterocycles. The predicted molar refractivity (Wildman–Crippen MR) is 73.5 cm³/mol. The maximum atomic E-state index is 11.8. The molecule has 5 heteroatoms. The monoisotopic (exact) mass is 270 g/mol. The first kappa shape index (κ1) is 16.0. The van der Waals surface area contributed by atoms with Crippen LogP contribution in [-0.2, 0) is 9.59 Å². The molecule has 5 nitrogen and oxygen atoms in total. The van der Waals surface area contributed by atoms with Gasteiger partial charge in [0.25, 0.3) is 0 Å². The molecular weight excluding hydrogens is 244 g/mol. The Hall–Kier alpha value is -1.10. The highest BCUT2D eigenvalue weighted by molar-refractivity contribution is 5.87. The number of amides is 2. The Morgan fingerprint density at radius 2 is 1.79 bits per heavy atom. The molecule has 19 heavy (non-hydrogen) atoms. The second-order valence-electron chi connectivity index (χ2n) is 5.72. The zero-order valence-corrected chi connectivity index (χ0v) is 12.2. The molecule has 1 saturated carbocycles. The van der Waals surface area contributed by atoms with Crippen molar-refractivity contribution in [1.82, 2.24) is 10.6 Å². The summed E-state index contributed by atoms with van der Waals surface area (Å²) in [7, 11) is 0. The SMILES string of the molecule is CCC(C)NC(=O)C(C)NC(=O)CC1(O)CCCC1. The predicted octanol–water partition coefficient (Wildman–Crippen LogP) is 1.10. The van der Waals surface area contributed by atoms with Crippen LogP contribution in [0.1, 0.15) is 59.3 Å². The molecule has 1 fully saturated rings. The van der Waals surface area contributed by atoms with E-state index in [1.54, 1.807) is 6.92 Å².